The number of hydrogen-bond donors (Lipinski definition) is 2. The van der Waals surface area contributed by atoms with Crippen LogP contribution in [-0.2, 0) is 12.7 Å². The van der Waals surface area contributed by atoms with Crippen LogP contribution in [0.4, 0.5) is 19.2 Å². The van der Waals surface area contributed by atoms with Crippen LogP contribution in [-0.4, -0.2) is 16.1 Å². The highest BCUT2D eigenvalue weighted by molar-refractivity contribution is 5.85. The van der Waals surface area contributed by atoms with Gasteiger partial charge in [0.15, 0.2) is 5.69 Å². The fourth-order valence-corrected chi connectivity index (χ4v) is 1.49. The molecule has 0 aliphatic heterocycles. The highest BCUT2D eigenvalue weighted by atomic mass is 19.4. The van der Waals surface area contributed by atoms with Gasteiger partial charge in [0.2, 0.25) is 0 Å². The quantitative estimate of drug-likeness (QED) is 0.903. The predicted octanol–water partition coefficient (Wildman–Crippen LogP) is 3.00. The van der Waals surface area contributed by atoms with E-state index in [2.05, 4.69) is 10.3 Å². The van der Waals surface area contributed by atoms with E-state index in [1.807, 2.05) is 0 Å². The Morgan fingerprint density at radius 3 is 2.75 bits per heavy atom. The van der Waals surface area contributed by atoms with Crippen LogP contribution in [0, 0.1) is 0 Å². The molecule has 0 fully saturated rings. The van der Waals surface area contributed by atoms with Crippen molar-refractivity contribution in [3.63, 3.8) is 0 Å². The second kappa shape index (κ2) is 5.24. The summed E-state index contributed by atoms with van der Waals surface area (Å²) in [6.45, 7) is 0.0312. The summed E-state index contributed by atoms with van der Waals surface area (Å²) in [5.74, 6) is -1.25. The van der Waals surface area contributed by atoms with Crippen molar-refractivity contribution in [2.45, 2.75) is 12.7 Å². The number of hydrogen-bond acceptors (Lipinski definition) is 4. The van der Waals surface area contributed by atoms with Crippen molar-refractivity contribution in [2.24, 2.45) is 0 Å². The summed E-state index contributed by atoms with van der Waals surface area (Å²) in [7, 11) is 0. The first-order valence-electron chi connectivity index (χ1n) is 5.45. The molecule has 0 saturated heterocycles. The Morgan fingerprint density at radius 1 is 1.40 bits per heavy atom. The van der Waals surface area contributed by atoms with Crippen LogP contribution < -0.4 is 5.32 Å². The molecule has 2 rings (SSSR count). The highest BCUT2D eigenvalue weighted by Gasteiger charge is 2.30. The summed E-state index contributed by atoms with van der Waals surface area (Å²) >= 11 is 0. The van der Waals surface area contributed by atoms with E-state index in [-0.39, 0.29) is 18.3 Å². The Bertz CT molecular complexity index is 622. The van der Waals surface area contributed by atoms with Gasteiger partial charge in [-0.3, -0.25) is 0 Å². The minimum atomic E-state index is -4.41. The van der Waals surface area contributed by atoms with Gasteiger partial charge < -0.3 is 14.8 Å². The molecule has 106 valence electrons. The van der Waals surface area contributed by atoms with E-state index in [0.717, 1.165) is 18.4 Å². The molecule has 8 heteroatoms. The average Bonchev–Trinajstić information content (AvgIpc) is 2.85. The van der Waals surface area contributed by atoms with E-state index in [1.165, 1.54) is 12.1 Å². The van der Waals surface area contributed by atoms with Crippen molar-refractivity contribution in [3.8, 4) is 0 Å². The van der Waals surface area contributed by atoms with Crippen LogP contribution in [0.1, 0.15) is 21.6 Å². The largest absolute Gasteiger partial charge is 0.476 e. The smallest absolute Gasteiger partial charge is 0.416 e. The number of oxazole rings is 1. The van der Waals surface area contributed by atoms with Gasteiger partial charge in [-0.2, -0.15) is 18.2 Å². The van der Waals surface area contributed by atoms with Crippen molar-refractivity contribution in [1.29, 1.82) is 0 Å². The first-order valence-corrected chi connectivity index (χ1v) is 5.45. The van der Waals surface area contributed by atoms with Crippen LogP contribution in [0.25, 0.3) is 0 Å². The van der Waals surface area contributed by atoms with E-state index in [9.17, 15) is 18.0 Å². The molecule has 0 atom stereocenters. The molecule has 1 aromatic heterocycles. The maximum Gasteiger partial charge on any atom is 0.416 e. The molecule has 0 aliphatic rings. The lowest BCUT2D eigenvalue weighted by Gasteiger charge is -2.08. The number of anilines is 1. The molecule has 0 saturated carbocycles. The molecule has 0 unspecified atom stereocenters. The molecule has 2 aromatic rings. The summed E-state index contributed by atoms with van der Waals surface area (Å²) in [5, 5.41) is 11.2. The fourth-order valence-electron chi connectivity index (χ4n) is 1.49. The number of nitrogens with zero attached hydrogens (tertiary/aromatic N) is 1. The SMILES string of the molecule is O=C(O)c1coc(NCc2cccc(C(F)(F)F)c2)n1. The standard InChI is InChI=1S/C12H9F3N2O3/c13-12(14,15)8-3-1-2-7(4-8)5-16-11-17-9(6-20-11)10(18)19/h1-4,6H,5H2,(H,16,17)(H,18,19). The lowest BCUT2D eigenvalue weighted by atomic mass is 10.1. The molecular weight excluding hydrogens is 277 g/mol. The van der Waals surface area contributed by atoms with Crippen LogP contribution in [0.3, 0.4) is 0 Å². The summed E-state index contributed by atoms with van der Waals surface area (Å²) in [6.07, 6.45) is -3.47. The number of carboxylic acids is 1. The third-order valence-corrected chi connectivity index (χ3v) is 2.42. The van der Waals surface area contributed by atoms with Gasteiger partial charge in [0.25, 0.3) is 6.01 Å². The number of alkyl halides is 3. The van der Waals surface area contributed by atoms with Gasteiger partial charge in [-0.25, -0.2) is 4.79 Å². The molecule has 20 heavy (non-hydrogen) atoms. The van der Waals surface area contributed by atoms with Crippen LogP contribution in [0.2, 0.25) is 0 Å². The highest BCUT2D eigenvalue weighted by Crippen LogP contribution is 2.29. The summed E-state index contributed by atoms with van der Waals surface area (Å²) in [5.41, 5.74) is -0.665. The predicted molar refractivity (Wildman–Crippen MR) is 62.2 cm³/mol. The molecule has 0 amide bonds. The zero-order valence-electron chi connectivity index (χ0n) is 9.94. The molecule has 1 heterocycles. The van der Waals surface area contributed by atoms with E-state index < -0.39 is 17.7 Å². The lowest BCUT2D eigenvalue weighted by Crippen LogP contribution is -2.07. The van der Waals surface area contributed by atoms with Crippen molar-refractivity contribution in [2.75, 3.05) is 5.32 Å². The zero-order valence-corrected chi connectivity index (χ0v) is 9.94. The number of aromatic carboxylic acids is 1. The normalized spacial score (nSPS) is 11.3. The summed E-state index contributed by atoms with van der Waals surface area (Å²) < 4.78 is 42.3. The van der Waals surface area contributed by atoms with E-state index >= 15 is 0 Å². The molecular formula is C12H9F3N2O3. The average molecular weight is 286 g/mol. The maximum atomic E-state index is 12.5. The van der Waals surface area contributed by atoms with Gasteiger partial charge in [-0.15, -0.1) is 0 Å². The second-order valence-corrected chi connectivity index (χ2v) is 3.89. The van der Waals surface area contributed by atoms with Crippen LogP contribution >= 0.6 is 0 Å². The monoisotopic (exact) mass is 286 g/mol. The minimum Gasteiger partial charge on any atom is -0.476 e. The third-order valence-electron chi connectivity index (χ3n) is 2.42. The zero-order chi connectivity index (χ0) is 14.8. The molecule has 0 aliphatic carbocycles. The molecule has 0 spiro atoms. The summed E-state index contributed by atoms with van der Waals surface area (Å²) in [6, 6.07) is 4.69. The van der Waals surface area contributed by atoms with Gasteiger partial charge >= 0.3 is 12.1 Å². The van der Waals surface area contributed by atoms with Gasteiger partial charge in [-0.1, -0.05) is 12.1 Å². The second-order valence-electron chi connectivity index (χ2n) is 3.89. The molecule has 0 radical (unpaired) electrons. The number of nitrogens with one attached hydrogen (secondary N) is 1. The Hall–Kier alpha value is -2.51. The third kappa shape index (κ3) is 3.28. The molecule has 0 bridgehead atoms. The van der Waals surface area contributed by atoms with Crippen molar-refractivity contribution >= 4 is 12.0 Å². The van der Waals surface area contributed by atoms with Crippen molar-refractivity contribution < 1.29 is 27.5 Å². The number of carbonyl (C=O) groups is 1. The lowest BCUT2D eigenvalue weighted by molar-refractivity contribution is -0.137. The van der Waals surface area contributed by atoms with Crippen molar-refractivity contribution in [3.05, 3.63) is 47.3 Å². The van der Waals surface area contributed by atoms with Gasteiger partial charge in [0, 0.05) is 6.54 Å². The number of halogens is 3. The van der Waals surface area contributed by atoms with E-state index in [1.54, 1.807) is 0 Å². The van der Waals surface area contributed by atoms with Crippen LogP contribution in [0.15, 0.2) is 34.9 Å². The van der Waals surface area contributed by atoms with Crippen LogP contribution in [0.5, 0.6) is 0 Å². The Balaban J connectivity index is 2.05. The topological polar surface area (TPSA) is 75.4 Å². The van der Waals surface area contributed by atoms with Gasteiger partial charge in [0.05, 0.1) is 5.56 Å². The van der Waals surface area contributed by atoms with E-state index in [0.29, 0.717) is 5.56 Å². The Morgan fingerprint density at radius 2 is 2.15 bits per heavy atom. The van der Waals surface area contributed by atoms with Gasteiger partial charge in [-0.05, 0) is 17.7 Å². The number of benzene rings is 1. The Labute approximate surface area is 111 Å². The molecule has 5 nitrogen and oxygen atoms in total. The maximum absolute atomic E-state index is 12.5. The van der Waals surface area contributed by atoms with E-state index in [4.69, 9.17) is 9.52 Å². The first-order chi connectivity index (χ1) is 9.36. The number of aromatic nitrogens is 1. The minimum absolute atomic E-state index is 0.0312. The molecule has 1 aromatic carbocycles. The fraction of sp³-hybridized carbons (Fsp3) is 0.167. The number of carboxylic acid groups (broad SMARTS) is 1. The van der Waals surface area contributed by atoms with Gasteiger partial charge in [0.1, 0.15) is 6.26 Å². The summed E-state index contributed by atoms with van der Waals surface area (Å²) in [4.78, 5) is 14.2. The van der Waals surface area contributed by atoms with Crippen molar-refractivity contribution in [1.82, 2.24) is 4.98 Å². The molecule has 2 N–H and O–H groups in total. The number of rotatable bonds is 4. The Kier molecular flexibility index (Phi) is 3.64. The first kappa shape index (κ1) is 13.9.